The first kappa shape index (κ1) is 23.1. The molecule has 2 fully saturated rings. The van der Waals surface area contributed by atoms with E-state index in [1.165, 1.54) is 0 Å². The number of ether oxygens (including phenoxy) is 1. The topological polar surface area (TPSA) is 82.9 Å². The van der Waals surface area contributed by atoms with Crippen molar-refractivity contribution in [1.82, 2.24) is 24.2 Å². The summed E-state index contributed by atoms with van der Waals surface area (Å²) in [6.07, 6.45) is 4.44. The maximum absolute atomic E-state index is 13.5. The number of amides is 1. The third-order valence-electron chi connectivity index (χ3n) is 7.40. The van der Waals surface area contributed by atoms with Gasteiger partial charge >= 0.3 is 0 Å². The number of hydrogen-bond acceptors (Lipinski definition) is 5. The minimum Gasteiger partial charge on any atom is -0.381 e. The summed E-state index contributed by atoms with van der Waals surface area (Å²) in [5.41, 5.74) is 3.49. The lowest BCUT2D eigenvalue weighted by Crippen LogP contribution is -2.38. The lowest BCUT2D eigenvalue weighted by molar-refractivity contribution is 0.0778. The number of aromatic nitrogens is 3. The van der Waals surface area contributed by atoms with Gasteiger partial charge in [0.15, 0.2) is 0 Å². The van der Waals surface area contributed by atoms with E-state index in [1.807, 2.05) is 28.4 Å². The van der Waals surface area contributed by atoms with Crippen LogP contribution >= 0.6 is 0 Å². The van der Waals surface area contributed by atoms with Crippen molar-refractivity contribution in [3.8, 4) is 0 Å². The predicted octanol–water partition coefficient (Wildman–Crippen LogP) is 3.18. The van der Waals surface area contributed by atoms with Crippen molar-refractivity contribution in [2.24, 2.45) is 5.92 Å². The van der Waals surface area contributed by atoms with Crippen molar-refractivity contribution in [1.29, 1.82) is 0 Å². The maximum Gasteiger partial charge on any atom is 0.274 e. The first-order chi connectivity index (χ1) is 16.3. The van der Waals surface area contributed by atoms with Crippen molar-refractivity contribution >= 4 is 22.5 Å². The number of carbonyl (C=O) groups is 1. The van der Waals surface area contributed by atoms with E-state index in [0.717, 1.165) is 55.8 Å². The van der Waals surface area contributed by atoms with Crippen molar-refractivity contribution in [2.75, 3.05) is 39.9 Å². The number of nitrogens with zero attached hydrogens (tertiary/aromatic N) is 4. The van der Waals surface area contributed by atoms with Crippen LogP contribution in [0.1, 0.15) is 60.8 Å². The van der Waals surface area contributed by atoms with E-state index in [4.69, 9.17) is 4.74 Å². The Bertz CT molecular complexity index is 1270. The summed E-state index contributed by atoms with van der Waals surface area (Å²) in [5.74, 6) is 1.80. The van der Waals surface area contributed by atoms with Crippen LogP contribution in [0.4, 0.5) is 0 Å². The van der Waals surface area contributed by atoms with Gasteiger partial charge in [0.25, 0.3) is 11.5 Å². The number of aromatic amines is 1. The van der Waals surface area contributed by atoms with Crippen molar-refractivity contribution < 1.29 is 9.53 Å². The number of imidazole rings is 1. The first-order valence-corrected chi connectivity index (χ1v) is 12.4. The highest BCUT2D eigenvalue weighted by Crippen LogP contribution is 2.29. The Morgan fingerprint density at radius 1 is 1.24 bits per heavy atom. The van der Waals surface area contributed by atoms with Gasteiger partial charge in [-0.3, -0.25) is 14.0 Å². The zero-order chi connectivity index (χ0) is 24.0. The molecule has 182 valence electrons. The number of H-pyrrole nitrogens is 1. The van der Waals surface area contributed by atoms with Gasteiger partial charge in [-0.1, -0.05) is 13.8 Å². The van der Waals surface area contributed by atoms with Crippen LogP contribution in [0.5, 0.6) is 0 Å². The van der Waals surface area contributed by atoms with E-state index >= 15 is 0 Å². The summed E-state index contributed by atoms with van der Waals surface area (Å²) >= 11 is 0. The smallest absolute Gasteiger partial charge is 0.274 e. The monoisotopic (exact) mass is 465 g/mol. The highest BCUT2D eigenvalue weighted by Gasteiger charge is 2.30. The molecule has 1 N–H and O–H groups in total. The minimum atomic E-state index is -0.183. The molecule has 8 nitrogen and oxygen atoms in total. The van der Waals surface area contributed by atoms with E-state index in [1.54, 1.807) is 6.20 Å². The Morgan fingerprint density at radius 3 is 2.74 bits per heavy atom. The van der Waals surface area contributed by atoms with E-state index in [0.29, 0.717) is 41.8 Å². The average Bonchev–Trinajstić information content (AvgIpc) is 3.48. The van der Waals surface area contributed by atoms with Gasteiger partial charge in [-0.2, -0.15) is 0 Å². The van der Waals surface area contributed by atoms with E-state index in [9.17, 15) is 9.59 Å². The third-order valence-corrected chi connectivity index (χ3v) is 7.40. The molecule has 1 atom stereocenters. The molecular formula is C26H35N5O3. The van der Waals surface area contributed by atoms with E-state index < -0.39 is 0 Å². The number of rotatable bonds is 5. The second-order valence-electron chi connectivity index (χ2n) is 10.4. The lowest BCUT2D eigenvalue weighted by atomic mass is 9.99. The highest BCUT2D eigenvalue weighted by atomic mass is 16.5. The molecule has 2 saturated heterocycles. The second-order valence-corrected chi connectivity index (χ2v) is 10.4. The summed E-state index contributed by atoms with van der Waals surface area (Å²) in [7, 11) is 2.15. The summed E-state index contributed by atoms with van der Waals surface area (Å²) in [5, 5.41) is 0. The van der Waals surface area contributed by atoms with E-state index in [2.05, 4.69) is 35.8 Å². The highest BCUT2D eigenvalue weighted by molar-refractivity contribution is 5.99. The predicted molar refractivity (Wildman–Crippen MR) is 133 cm³/mol. The standard InChI is InChI=1S/C26H35N5O3/c1-16(2)14-29(4)19-5-8-30(15-19)26(33)20-12-21-22(11-17(20)3)31-23(25(32)28-21)13-27-24(31)18-6-9-34-10-7-18/h11-13,16,18-19H,5-10,14-15H2,1-4H3,(H,28,32)/t19-/m1/s1. The van der Waals surface area contributed by atoms with Crippen LogP contribution in [-0.2, 0) is 4.74 Å². The summed E-state index contributed by atoms with van der Waals surface area (Å²) in [6, 6.07) is 4.26. The number of likely N-dealkylation sites (tertiary alicyclic amines) is 1. The quantitative estimate of drug-likeness (QED) is 0.626. The number of likely N-dealkylation sites (N-methyl/N-ethyl adjacent to an activating group) is 1. The van der Waals surface area contributed by atoms with Gasteiger partial charge in [0.05, 0.1) is 17.2 Å². The van der Waals surface area contributed by atoms with Crippen LogP contribution in [0, 0.1) is 12.8 Å². The van der Waals surface area contributed by atoms with Crippen LogP contribution in [-0.4, -0.2) is 76.0 Å². The molecule has 3 aromatic rings. The fourth-order valence-electron chi connectivity index (χ4n) is 5.60. The van der Waals surface area contributed by atoms with Gasteiger partial charge in [-0.25, -0.2) is 4.98 Å². The third kappa shape index (κ3) is 4.14. The summed E-state index contributed by atoms with van der Waals surface area (Å²) in [6.45, 7) is 10.4. The molecule has 1 amide bonds. The van der Waals surface area contributed by atoms with Gasteiger partial charge < -0.3 is 19.5 Å². The van der Waals surface area contributed by atoms with Gasteiger partial charge in [0.1, 0.15) is 11.3 Å². The number of hydrogen-bond donors (Lipinski definition) is 1. The fraction of sp³-hybridized carbons (Fsp3) is 0.577. The zero-order valence-corrected chi connectivity index (χ0v) is 20.6. The molecule has 0 bridgehead atoms. The Morgan fingerprint density at radius 2 is 2.00 bits per heavy atom. The molecule has 4 heterocycles. The molecule has 0 saturated carbocycles. The van der Waals surface area contributed by atoms with Crippen LogP contribution in [0.2, 0.25) is 0 Å². The normalized spacial score (nSPS) is 19.8. The average molecular weight is 466 g/mol. The lowest BCUT2D eigenvalue weighted by Gasteiger charge is -2.26. The largest absolute Gasteiger partial charge is 0.381 e. The molecule has 0 radical (unpaired) electrons. The van der Waals surface area contributed by atoms with Crippen molar-refractivity contribution in [3.63, 3.8) is 0 Å². The minimum absolute atomic E-state index is 0.0380. The van der Waals surface area contributed by atoms with Crippen LogP contribution in [0.3, 0.4) is 0 Å². The SMILES string of the molecule is Cc1cc2c(cc1C(=O)N1CC[C@@H](N(C)CC(C)C)C1)[nH]c(=O)c1cnc(C3CCOCC3)n12. The van der Waals surface area contributed by atoms with Crippen molar-refractivity contribution in [3.05, 3.63) is 45.6 Å². The number of benzene rings is 1. The summed E-state index contributed by atoms with van der Waals surface area (Å²) < 4.78 is 7.51. The summed E-state index contributed by atoms with van der Waals surface area (Å²) in [4.78, 5) is 38.3. The maximum atomic E-state index is 13.5. The Hall–Kier alpha value is -2.71. The van der Waals surface area contributed by atoms with Crippen LogP contribution < -0.4 is 5.56 Å². The zero-order valence-electron chi connectivity index (χ0n) is 20.6. The van der Waals surface area contributed by atoms with Crippen LogP contribution in [0.15, 0.2) is 23.1 Å². The van der Waals surface area contributed by atoms with Crippen molar-refractivity contribution in [2.45, 2.75) is 52.0 Å². The number of aryl methyl sites for hydroxylation is 1. The molecule has 2 aliphatic heterocycles. The molecular weight excluding hydrogens is 430 g/mol. The molecule has 2 aromatic heterocycles. The Kier molecular flexibility index (Phi) is 6.20. The van der Waals surface area contributed by atoms with Gasteiger partial charge in [-0.15, -0.1) is 0 Å². The Labute approximate surface area is 199 Å². The van der Waals surface area contributed by atoms with Gasteiger partial charge in [0, 0.05) is 50.4 Å². The molecule has 0 aliphatic carbocycles. The number of carbonyl (C=O) groups excluding carboxylic acids is 1. The molecule has 1 aromatic carbocycles. The fourth-order valence-corrected chi connectivity index (χ4v) is 5.60. The number of nitrogens with one attached hydrogen (secondary N) is 1. The van der Waals surface area contributed by atoms with Crippen LogP contribution in [0.25, 0.3) is 16.6 Å². The second kappa shape index (κ2) is 9.15. The molecule has 34 heavy (non-hydrogen) atoms. The van der Waals surface area contributed by atoms with Gasteiger partial charge in [0.2, 0.25) is 0 Å². The number of fused-ring (bicyclic) bond motifs is 3. The van der Waals surface area contributed by atoms with E-state index in [-0.39, 0.29) is 17.4 Å². The molecule has 2 aliphatic rings. The molecule has 5 rings (SSSR count). The van der Waals surface area contributed by atoms with Gasteiger partial charge in [-0.05, 0) is 56.8 Å². The molecule has 0 unspecified atom stereocenters. The Balaban J connectivity index is 1.49. The molecule has 8 heteroatoms. The molecule has 0 spiro atoms. The first-order valence-electron chi connectivity index (χ1n) is 12.4.